The number of fused-ring (bicyclic) bond motifs is 4. The van der Waals surface area contributed by atoms with Crippen molar-refractivity contribution in [3.05, 3.63) is 59.2 Å². The number of hydrogen-bond acceptors (Lipinski definition) is 3. The number of aromatic amines is 1. The van der Waals surface area contributed by atoms with Gasteiger partial charge in [0.1, 0.15) is 23.6 Å². The summed E-state index contributed by atoms with van der Waals surface area (Å²) in [5.74, 6) is 1.45. The molecule has 1 aromatic carbocycles. The Morgan fingerprint density at radius 2 is 1.96 bits per heavy atom. The topological polar surface area (TPSA) is 69.6 Å². The van der Waals surface area contributed by atoms with Crippen LogP contribution in [0.4, 0.5) is 4.79 Å². The van der Waals surface area contributed by atoms with Gasteiger partial charge in [-0.2, -0.15) is 0 Å². The lowest BCUT2D eigenvalue weighted by molar-refractivity contribution is -0.128. The van der Waals surface area contributed by atoms with Crippen LogP contribution in [0.5, 0.6) is 0 Å². The number of rotatable bonds is 3. The average Bonchev–Trinajstić information content (AvgIpc) is 3.36. The number of para-hydroxylation sites is 1. The summed E-state index contributed by atoms with van der Waals surface area (Å²) in [5, 5.41) is 1.11. The van der Waals surface area contributed by atoms with Crippen LogP contribution in [0.3, 0.4) is 0 Å². The van der Waals surface area contributed by atoms with E-state index in [9.17, 15) is 9.59 Å². The molecule has 0 saturated carbocycles. The number of aryl methyl sites for hydroxylation is 1. The summed E-state index contributed by atoms with van der Waals surface area (Å²) in [6.07, 6.45) is 1.31. The van der Waals surface area contributed by atoms with Crippen LogP contribution in [0, 0.1) is 0 Å². The molecular formula is C21H21N3O3. The third-order valence-corrected chi connectivity index (χ3v) is 5.75. The van der Waals surface area contributed by atoms with E-state index in [4.69, 9.17) is 4.42 Å². The molecule has 2 aliphatic heterocycles. The lowest BCUT2D eigenvalue weighted by atomic mass is 9.91. The molecule has 6 heteroatoms. The number of likely N-dealkylation sites (N-methyl/N-ethyl adjacent to an activating group) is 1. The number of urea groups is 1. The minimum Gasteiger partial charge on any atom is -0.463 e. The fourth-order valence-corrected chi connectivity index (χ4v) is 4.45. The molecule has 27 heavy (non-hydrogen) atoms. The molecule has 3 aromatic rings. The predicted octanol–water partition coefficient (Wildman–Crippen LogP) is 3.62. The Hall–Kier alpha value is -3.02. The van der Waals surface area contributed by atoms with Gasteiger partial charge in [-0.05, 0) is 30.7 Å². The number of furan rings is 1. The molecule has 2 aromatic heterocycles. The summed E-state index contributed by atoms with van der Waals surface area (Å²) >= 11 is 0. The summed E-state index contributed by atoms with van der Waals surface area (Å²) in [4.78, 5) is 32.5. The van der Waals surface area contributed by atoms with Gasteiger partial charge in [0.2, 0.25) is 0 Å². The zero-order valence-corrected chi connectivity index (χ0v) is 15.4. The number of hydrogen-bond donors (Lipinski definition) is 1. The molecule has 0 spiro atoms. The zero-order chi connectivity index (χ0) is 18.7. The first-order chi connectivity index (χ1) is 13.1. The first-order valence-corrected chi connectivity index (χ1v) is 9.45. The molecule has 0 bridgehead atoms. The Morgan fingerprint density at radius 1 is 1.15 bits per heavy atom. The van der Waals surface area contributed by atoms with E-state index < -0.39 is 12.1 Å². The van der Waals surface area contributed by atoms with Gasteiger partial charge in [-0.25, -0.2) is 4.79 Å². The monoisotopic (exact) mass is 363 g/mol. The number of aromatic nitrogens is 1. The van der Waals surface area contributed by atoms with Crippen LogP contribution in [0.1, 0.15) is 42.7 Å². The molecule has 3 amide bonds. The molecule has 5 rings (SSSR count). The Bertz CT molecular complexity index is 1060. The van der Waals surface area contributed by atoms with E-state index in [-0.39, 0.29) is 11.9 Å². The number of benzene rings is 1. The Kier molecular flexibility index (Phi) is 3.44. The molecule has 1 saturated heterocycles. The van der Waals surface area contributed by atoms with Gasteiger partial charge in [-0.15, -0.1) is 0 Å². The lowest BCUT2D eigenvalue weighted by Gasteiger charge is -2.34. The van der Waals surface area contributed by atoms with E-state index in [2.05, 4.69) is 11.1 Å². The maximum atomic E-state index is 13.0. The summed E-state index contributed by atoms with van der Waals surface area (Å²) < 4.78 is 6.04. The van der Waals surface area contributed by atoms with E-state index in [1.165, 1.54) is 4.90 Å². The molecule has 138 valence electrons. The van der Waals surface area contributed by atoms with Crippen LogP contribution in [0.25, 0.3) is 10.9 Å². The summed E-state index contributed by atoms with van der Waals surface area (Å²) in [6.45, 7) is 4.24. The van der Waals surface area contributed by atoms with Crippen molar-refractivity contribution in [2.75, 3.05) is 6.54 Å². The van der Waals surface area contributed by atoms with E-state index in [1.54, 1.807) is 4.90 Å². The molecule has 1 fully saturated rings. The molecule has 4 heterocycles. The highest BCUT2D eigenvalue weighted by Crippen LogP contribution is 2.44. The van der Waals surface area contributed by atoms with Gasteiger partial charge in [0.15, 0.2) is 0 Å². The van der Waals surface area contributed by atoms with Gasteiger partial charge in [0, 0.05) is 30.3 Å². The van der Waals surface area contributed by atoms with Crippen molar-refractivity contribution in [3.63, 3.8) is 0 Å². The van der Waals surface area contributed by atoms with Crippen LogP contribution in [0.15, 0.2) is 40.8 Å². The van der Waals surface area contributed by atoms with Gasteiger partial charge in [0.05, 0.1) is 5.69 Å². The summed E-state index contributed by atoms with van der Waals surface area (Å²) in [7, 11) is 0. The zero-order valence-electron chi connectivity index (χ0n) is 15.4. The minimum atomic E-state index is -0.482. The number of nitrogens with one attached hydrogen (secondary N) is 1. The second-order valence-electron chi connectivity index (χ2n) is 7.12. The highest BCUT2D eigenvalue weighted by atomic mass is 16.3. The number of carbonyl (C=O) groups is 2. The largest absolute Gasteiger partial charge is 0.463 e. The van der Waals surface area contributed by atoms with Crippen LogP contribution >= 0.6 is 0 Å². The lowest BCUT2D eigenvalue weighted by Crippen LogP contribution is -2.44. The molecule has 0 radical (unpaired) electrons. The minimum absolute atomic E-state index is 0.120. The summed E-state index contributed by atoms with van der Waals surface area (Å²) in [5.41, 5.74) is 3.07. The van der Waals surface area contributed by atoms with Crippen molar-refractivity contribution in [2.45, 2.75) is 38.8 Å². The van der Waals surface area contributed by atoms with Crippen molar-refractivity contribution in [2.24, 2.45) is 0 Å². The standard InChI is InChI=1S/C21H21N3O3/c1-3-12-9-10-17(27-12)19-18-14(13-7-5-6-8-15(13)22-18)11-16-20(25)23(4-2)21(26)24(16)19/h5-10,16,19,22H,3-4,11H2,1-2H3/t16-,19-/m1/s1. The van der Waals surface area contributed by atoms with Crippen molar-refractivity contribution in [1.82, 2.24) is 14.8 Å². The van der Waals surface area contributed by atoms with Gasteiger partial charge < -0.3 is 9.40 Å². The van der Waals surface area contributed by atoms with Crippen molar-refractivity contribution in [3.8, 4) is 0 Å². The molecule has 2 atom stereocenters. The second kappa shape index (κ2) is 5.74. The number of nitrogens with zero attached hydrogens (tertiary/aromatic N) is 2. The van der Waals surface area contributed by atoms with Crippen LogP contribution in [-0.2, 0) is 17.6 Å². The maximum Gasteiger partial charge on any atom is 0.328 e. The molecule has 1 N–H and O–H groups in total. The molecule has 0 aliphatic carbocycles. The second-order valence-corrected chi connectivity index (χ2v) is 7.12. The molecule has 0 unspecified atom stereocenters. The first-order valence-electron chi connectivity index (χ1n) is 9.45. The third-order valence-electron chi connectivity index (χ3n) is 5.75. The van der Waals surface area contributed by atoms with Gasteiger partial charge in [-0.1, -0.05) is 25.1 Å². The van der Waals surface area contributed by atoms with Crippen LogP contribution in [-0.4, -0.2) is 39.3 Å². The quantitative estimate of drug-likeness (QED) is 0.723. The number of H-pyrrole nitrogens is 1. The molecular weight excluding hydrogens is 342 g/mol. The molecule has 6 nitrogen and oxygen atoms in total. The number of carbonyl (C=O) groups excluding carboxylic acids is 2. The third kappa shape index (κ3) is 2.13. The van der Waals surface area contributed by atoms with Crippen molar-refractivity contribution in [1.29, 1.82) is 0 Å². The van der Waals surface area contributed by atoms with Crippen molar-refractivity contribution >= 4 is 22.8 Å². The fourth-order valence-electron chi connectivity index (χ4n) is 4.45. The van der Waals surface area contributed by atoms with Crippen molar-refractivity contribution < 1.29 is 14.0 Å². The van der Waals surface area contributed by atoms with Crippen LogP contribution < -0.4 is 0 Å². The summed E-state index contributed by atoms with van der Waals surface area (Å²) in [6, 6.07) is 10.8. The smallest absolute Gasteiger partial charge is 0.328 e. The van der Waals surface area contributed by atoms with Gasteiger partial charge in [0.25, 0.3) is 5.91 Å². The highest BCUT2D eigenvalue weighted by Gasteiger charge is 2.52. The SMILES string of the molecule is CCc1ccc([C@@H]2c3[nH]c4ccccc4c3C[C@@H]3C(=O)N(CC)C(=O)N23)o1. The fraction of sp³-hybridized carbons (Fsp3) is 0.333. The van der Waals surface area contributed by atoms with E-state index in [1.807, 2.05) is 44.2 Å². The maximum absolute atomic E-state index is 13.0. The normalized spacial score (nSPS) is 21.9. The first kappa shape index (κ1) is 16.2. The van der Waals surface area contributed by atoms with Crippen LogP contribution in [0.2, 0.25) is 0 Å². The Labute approximate surface area is 156 Å². The van der Waals surface area contributed by atoms with Gasteiger partial charge >= 0.3 is 6.03 Å². The van der Waals surface area contributed by atoms with Gasteiger partial charge in [-0.3, -0.25) is 14.6 Å². The number of amides is 3. The number of imide groups is 1. The predicted molar refractivity (Wildman–Crippen MR) is 100 cm³/mol. The Balaban J connectivity index is 1.74. The average molecular weight is 363 g/mol. The Morgan fingerprint density at radius 3 is 2.70 bits per heavy atom. The van der Waals surface area contributed by atoms with E-state index in [0.717, 1.165) is 34.3 Å². The highest BCUT2D eigenvalue weighted by molar-refractivity contribution is 6.05. The molecule has 2 aliphatic rings. The van der Waals surface area contributed by atoms with E-state index in [0.29, 0.717) is 18.7 Å². The van der Waals surface area contributed by atoms with E-state index >= 15 is 0 Å².